The number of aromatic nitrogens is 1. The van der Waals surface area contributed by atoms with Crippen LogP contribution in [-0.4, -0.2) is 19.2 Å². The van der Waals surface area contributed by atoms with Crippen molar-refractivity contribution in [3.05, 3.63) is 22.6 Å². The Morgan fingerprint density at radius 3 is 2.23 bits per heavy atom. The highest BCUT2D eigenvalue weighted by Crippen LogP contribution is 2.46. The molecule has 5 heteroatoms. The lowest BCUT2D eigenvalue weighted by Crippen LogP contribution is -2.18. The van der Waals surface area contributed by atoms with Gasteiger partial charge in [0.25, 0.3) is 0 Å². The summed E-state index contributed by atoms with van der Waals surface area (Å²) in [7, 11) is 3.32. The van der Waals surface area contributed by atoms with Crippen LogP contribution in [0.15, 0.2) is 12.1 Å². The van der Waals surface area contributed by atoms with E-state index < -0.39 is 0 Å². The molecule has 142 valence electrons. The summed E-state index contributed by atoms with van der Waals surface area (Å²) in [5.74, 6) is 4.00. The fourth-order valence-corrected chi connectivity index (χ4v) is 4.88. The summed E-state index contributed by atoms with van der Waals surface area (Å²) in [4.78, 5) is 5.58. The zero-order valence-electron chi connectivity index (χ0n) is 16.3. The zero-order chi connectivity index (χ0) is 18.7. The van der Waals surface area contributed by atoms with E-state index in [-0.39, 0.29) is 0 Å². The molecular weight excluding hydrogens is 344 g/mol. The molecule has 0 aliphatic heterocycles. The van der Waals surface area contributed by atoms with Crippen LogP contribution in [0.5, 0.6) is 11.5 Å². The first kappa shape index (κ1) is 19.0. The molecule has 26 heavy (non-hydrogen) atoms. The summed E-state index contributed by atoms with van der Waals surface area (Å²) in [5, 5.41) is 0.577. The van der Waals surface area contributed by atoms with E-state index in [4.69, 9.17) is 15.2 Å². The number of anilines is 1. The van der Waals surface area contributed by atoms with Crippen LogP contribution in [0, 0.1) is 18.8 Å². The molecule has 0 radical (unpaired) electrons. The Kier molecular flexibility index (Phi) is 6.07. The Labute approximate surface area is 160 Å². The predicted molar refractivity (Wildman–Crippen MR) is 109 cm³/mol. The summed E-state index contributed by atoms with van der Waals surface area (Å²) in [6.07, 6.45) is 8.67. The largest absolute Gasteiger partial charge is 0.496 e. The molecule has 4 rings (SSSR count). The number of rotatable bonds is 4. The quantitative estimate of drug-likeness (QED) is 0.770. The van der Waals surface area contributed by atoms with Crippen LogP contribution in [0.25, 0.3) is 11.3 Å². The Balaban J connectivity index is 0.000000229. The molecule has 2 saturated carbocycles. The highest BCUT2D eigenvalue weighted by molar-refractivity contribution is 7.15. The van der Waals surface area contributed by atoms with Gasteiger partial charge in [-0.3, -0.25) is 0 Å². The van der Waals surface area contributed by atoms with Crippen molar-refractivity contribution in [1.82, 2.24) is 4.98 Å². The molecule has 0 spiro atoms. The standard InChI is InChI=1S/C14H18N2O2S.C7H12/c1-5-12-13(16-14(15)19-12)9-7-10(17-3)8(2)6-11(9)18-4;1-2-6-4-5-7(6)3-1/h6-7H,5H2,1-4H3,(H2,15,16);6-7H,1-5H2. The third kappa shape index (κ3) is 3.83. The molecule has 2 aliphatic rings. The van der Waals surface area contributed by atoms with Gasteiger partial charge in [-0.05, 0) is 55.7 Å². The number of methoxy groups -OCH3 is 2. The Morgan fingerprint density at radius 1 is 1.08 bits per heavy atom. The molecule has 2 atom stereocenters. The molecule has 2 aliphatic carbocycles. The zero-order valence-corrected chi connectivity index (χ0v) is 17.1. The first-order valence-corrected chi connectivity index (χ1v) is 10.4. The molecule has 4 nitrogen and oxygen atoms in total. The van der Waals surface area contributed by atoms with Gasteiger partial charge in [0, 0.05) is 10.4 Å². The van der Waals surface area contributed by atoms with Crippen molar-refractivity contribution in [3.8, 4) is 22.8 Å². The maximum absolute atomic E-state index is 5.82. The van der Waals surface area contributed by atoms with Gasteiger partial charge in [0.15, 0.2) is 5.13 Å². The second-order valence-electron chi connectivity index (χ2n) is 7.23. The molecule has 2 unspecified atom stereocenters. The van der Waals surface area contributed by atoms with E-state index in [1.807, 2.05) is 19.1 Å². The van der Waals surface area contributed by atoms with Gasteiger partial charge in [0.1, 0.15) is 11.5 Å². The number of nitrogen functional groups attached to an aromatic ring is 1. The van der Waals surface area contributed by atoms with E-state index in [1.165, 1.54) is 29.6 Å². The lowest BCUT2D eigenvalue weighted by atomic mass is 9.77. The van der Waals surface area contributed by atoms with Gasteiger partial charge in [-0.15, -0.1) is 11.3 Å². The van der Waals surface area contributed by atoms with Crippen LogP contribution in [0.2, 0.25) is 0 Å². The van der Waals surface area contributed by atoms with Crippen LogP contribution in [0.4, 0.5) is 5.13 Å². The van der Waals surface area contributed by atoms with Crippen molar-refractivity contribution in [3.63, 3.8) is 0 Å². The summed E-state index contributed by atoms with van der Waals surface area (Å²) >= 11 is 1.52. The molecule has 0 bridgehead atoms. The first-order valence-electron chi connectivity index (χ1n) is 9.55. The molecule has 1 aromatic heterocycles. The van der Waals surface area contributed by atoms with Crippen molar-refractivity contribution in [2.75, 3.05) is 20.0 Å². The molecular formula is C21H30N2O2S. The Morgan fingerprint density at radius 2 is 1.73 bits per heavy atom. The fraction of sp³-hybridized carbons (Fsp3) is 0.571. The summed E-state index contributed by atoms with van der Waals surface area (Å²) in [5.41, 5.74) is 8.67. The molecule has 0 saturated heterocycles. The Hall–Kier alpha value is -1.75. The van der Waals surface area contributed by atoms with Crippen molar-refractivity contribution in [2.24, 2.45) is 11.8 Å². The van der Waals surface area contributed by atoms with Crippen molar-refractivity contribution in [2.45, 2.75) is 52.4 Å². The molecule has 2 aromatic rings. The minimum atomic E-state index is 0.577. The molecule has 0 amide bonds. The van der Waals surface area contributed by atoms with Gasteiger partial charge in [0.2, 0.25) is 0 Å². The maximum atomic E-state index is 5.82. The number of thiazole rings is 1. The first-order chi connectivity index (χ1) is 12.6. The topological polar surface area (TPSA) is 57.4 Å². The number of fused-ring (bicyclic) bond motifs is 1. The Bertz CT molecular complexity index is 747. The maximum Gasteiger partial charge on any atom is 0.180 e. The summed E-state index contributed by atoms with van der Waals surface area (Å²) in [6.45, 7) is 4.08. The lowest BCUT2D eigenvalue weighted by molar-refractivity contribution is 0.219. The van der Waals surface area contributed by atoms with E-state index in [0.29, 0.717) is 5.13 Å². The molecule has 2 fully saturated rings. The predicted octanol–water partition coefficient (Wildman–Crippen LogP) is 5.48. The number of hydrogen-bond donors (Lipinski definition) is 1. The van der Waals surface area contributed by atoms with Crippen LogP contribution in [-0.2, 0) is 6.42 Å². The van der Waals surface area contributed by atoms with Crippen molar-refractivity contribution in [1.29, 1.82) is 0 Å². The van der Waals surface area contributed by atoms with Gasteiger partial charge in [-0.25, -0.2) is 4.98 Å². The third-order valence-corrected chi connectivity index (χ3v) is 6.76. The number of benzene rings is 1. The number of aryl methyl sites for hydroxylation is 2. The normalized spacial score (nSPS) is 20.6. The lowest BCUT2D eigenvalue weighted by Gasteiger charge is -2.29. The smallest absolute Gasteiger partial charge is 0.180 e. The molecule has 2 N–H and O–H groups in total. The van der Waals surface area contributed by atoms with E-state index in [1.54, 1.807) is 39.9 Å². The van der Waals surface area contributed by atoms with Gasteiger partial charge in [-0.2, -0.15) is 0 Å². The van der Waals surface area contributed by atoms with Crippen LogP contribution >= 0.6 is 11.3 Å². The summed E-state index contributed by atoms with van der Waals surface area (Å²) < 4.78 is 10.8. The van der Waals surface area contributed by atoms with Crippen LogP contribution < -0.4 is 15.2 Å². The van der Waals surface area contributed by atoms with Crippen LogP contribution in [0.1, 0.15) is 49.5 Å². The SMILES string of the molecule is C1CC2CCC2C1.CCc1sc(N)nc1-c1cc(OC)c(C)cc1OC. The molecule has 1 aromatic carbocycles. The van der Waals surface area contributed by atoms with Gasteiger partial charge in [-0.1, -0.05) is 26.2 Å². The number of ether oxygens (including phenoxy) is 2. The minimum Gasteiger partial charge on any atom is -0.496 e. The van der Waals surface area contributed by atoms with E-state index in [0.717, 1.165) is 39.6 Å². The highest BCUT2D eigenvalue weighted by atomic mass is 32.1. The second-order valence-corrected chi connectivity index (χ2v) is 8.34. The van der Waals surface area contributed by atoms with Crippen molar-refractivity contribution < 1.29 is 9.47 Å². The fourth-order valence-electron chi connectivity index (χ4n) is 4.10. The van der Waals surface area contributed by atoms with Gasteiger partial charge < -0.3 is 15.2 Å². The third-order valence-electron chi connectivity index (χ3n) is 5.73. The number of nitrogens with two attached hydrogens (primary N) is 1. The van der Waals surface area contributed by atoms with Gasteiger partial charge >= 0.3 is 0 Å². The van der Waals surface area contributed by atoms with E-state index in [9.17, 15) is 0 Å². The van der Waals surface area contributed by atoms with Crippen molar-refractivity contribution >= 4 is 16.5 Å². The number of hydrogen-bond acceptors (Lipinski definition) is 5. The van der Waals surface area contributed by atoms with E-state index in [2.05, 4.69) is 11.9 Å². The number of nitrogens with zero attached hydrogens (tertiary/aromatic N) is 1. The van der Waals surface area contributed by atoms with E-state index >= 15 is 0 Å². The minimum absolute atomic E-state index is 0.577. The van der Waals surface area contributed by atoms with Crippen LogP contribution in [0.3, 0.4) is 0 Å². The average Bonchev–Trinajstić information content (AvgIpc) is 3.16. The van der Waals surface area contributed by atoms with Gasteiger partial charge in [0.05, 0.1) is 19.9 Å². The molecule has 1 heterocycles. The monoisotopic (exact) mass is 374 g/mol. The second kappa shape index (κ2) is 8.30. The average molecular weight is 375 g/mol. The summed E-state index contributed by atoms with van der Waals surface area (Å²) in [6, 6.07) is 3.92. The highest BCUT2D eigenvalue weighted by Gasteiger charge is 2.34.